The molecule has 1 saturated heterocycles. The van der Waals surface area contributed by atoms with Gasteiger partial charge in [0.25, 0.3) is 5.91 Å². The predicted octanol–water partition coefficient (Wildman–Crippen LogP) is 3.16. The summed E-state index contributed by atoms with van der Waals surface area (Å²) in [5.41, 5.74) is 0.813. The van der Waals surface area contributed by atoms with Crippen LogP contribution in [-0.2, 0) is 0 Å². The van der Waals surface area contributed by atoms with Crippen molar-refractivity contribution in [3.05, 3.63) is 33.4 Å². The second kappa shape index (κ2) is 4.73. The molecule has 1 aliphatic heterocycles. The highest BCUT2D eigenvalue weighted by Gasteiger charge is 2.30. The summed E-state index contributed by atoms with van der Waals surface area (Å²) in [5.74, 6) is 0.803. The Balaban J connectivity index is 2.19. The highest BCUT2D eigenvalue weighted by atomic mass is 127. The van der Waals surface area contributed by atoms with Crippen molar-refractivity contribution >= 4 is 28.5 Å². The van der Waals surface area contributed by atoms with Gasteiger partial charge in [0.1, 0.15) is 0 Å². The zero-order chi connectivity index (χ0) is 11.7. The Morgan fingerprint density at radius 3 is 2.75 bits per heavy atom. The number of benzene rings is 1. The highest BCUT2D eigenvalue weighted by molar-refractivity contribution is 14.1. The van der Waals surface area contributed by atoms with E-state index in [1.807, 2.05) is 29.2 Å². The van der Waals surface area contributed by atoms with Crippen molar-refractivity contribution in [1.29, 1.82) is 0 Å². The van der Waals surface area contributed by atoms with E-state index in [0.717, 1.165) is 22.1 Å². The Labute approximate surface area is 110 Å². The van der Waals surface area contributed by atoms with E-state index in [9.17, 15) is 4.79 Å². The number of carbonyl (C=O) groups is 1. The molecule has 3 heteroatoms. The Bertz CT molecular complexity index is 405. The van der Waals surface area contributed by atoms with Gasteiger partial charge in [0, 0.05) is 21.7 Å². The molecular formula is C13H16INO. The van der Waals surface area contributed by atoms with Crippen LogP contribution in [0.5, 0.6) is 0 Å². The fourth-order valence-corrected chi connectivity index (χ4v) is 2.91. The summed E-state index contributed by atoms with van der Waals surface area (Å²) in [6.45, 7) is 5.24. The average molecular weight is 329 g/mol. The van der Waals surface area contributed by atoms with Gasteiger partial charge in [-0.1, -0.05) is 13.0 Å². The molecule has 0 aliphatic carbocycles. The smallest absolute Gasteiger partial charge is 0.254 e. The number of rotatable bonds is 1. The van der Waals surface area contributed by atoms with Crippen LogP contribution in [0.4, 0.5) is 0 Å². The molecular weight excluding hydrogens is 313 g/mol. The van der Waals surface area contributed by atoms with Crippen LogP contribution in [0.15, 0.2) is 24.3 Å². The summed E-state index contributed by atoms with van der Waals surface area (Å²) in [4.78, 5) is 14.3. The van der Waals surface area contributed by atoms with E-state index in [0.29, 0.717) is 12.0 Å². The van der Waals surface area contributed by atoms with Crippen molar-refractivity contribution in [1.82, 2.24) is 4.90 Å². The minimum Gasteiger partial charge on any atom is -0.336 e. The molecule has 16 heavy (non-hydrogen) atoms. The molecule has 1 amide bonds. The normalized spacial score (nSPS) is 24.8. The maximum Gasteiger partial charge on any atom is 0.254 e. The Morgan fingerprint density at radius 2 is 2.19 bits per heavy atom. The first-order valence-corrected chi connectivity index (χ1v) is 6.72. The third kappa shape index (κ3) is 2.39. The number of amides is 1. The summed E-state index contributed by atoms with van der Waals surface area (Å²) in [7, 11) is 0. The number of hydrogen-bond donors (Lipinski definition) is 0. The first kappa shape index (κ1) is 11.9. The SMILES string of the molecule is CC1CC(C)N(C(=O)c2cccc(I)c2)C1. The molecule has 0 aromatic heterocycles. The topological polar surface area (TPSA) is 20.3 Å². The van der Waals surface area contributed by atoms with Crippen LogP contribution < -0.4 is 0 Å². The molecule has 0 saturated carbocycles. The molecule has 1 aromatic carbocycles. The van der Waals surface area contributed by atoms with Gasteiger partial charge >= 0.3 is 0 Å². The minimum absolute atomic E-state index is 0.176. The summed E-state index contributed by atoms with van der Waals surface area (Å²) in [6, 6.07) is 8.19. The monoisotopic (exact) mass is 329 g/mol. The lowest BCUT2D eigenvalue weighted by Gasteiger charge is -2.21. The van der Waals surface area contributed by atoms with Crippen LogP contribution in [0, 0.1) is 9.49 Å². The lowest BCUT2D eigenvalue weighted by Crippen LogP contribution is -2.33. The van der Waals surface area contributed by atoms with E-state index in [4.69, 9.17) is 0 Å². The van der Waals surface area contributed by atoms with Gasteiger partial charge in [0.2, 0.25) is 0 Å². The number of halogens is 1. The summed E-state index contributed by atoms with van der Waals surface area (Å²) < 4.78 is 1.11. The van der Waals surface area contributed by atoms with Gasteiger partial charge in [-0.3, -0.25) is 4.79 Å². The van der Waals surface area contributed by atoms with Crippen molar-refractivity contribution < 1.29 is 4.79 Å². The number of carbonyl (C=O) groups excluding carboxylic acids is 1. The van der Waals surface area contributed by atoms with Gasteiger partial charge in [0.15, 0.2) is 0 Å². The fraction of sp³-hybridized carbons (Fsp3) is 0.462. The average Bonchev–Trinajstić information content (AvgIpc) is 2.57. The second-order valence-electron chi connectivity index (χ2n) is 4.66. The number of nitrogens with zero attached hydrogens (tertiary/aromatic N) is 1. The second-order valence-corrected chi connectivity index (χ2v) is 5.90. The van der Waals surface area contributed by atoms with E-state index in [2.05, 4.69) is 36.4 Å². The Kier molecular flexibility index (Phi) is 3.52. The molecule has 1 aliphatic rings. The molecule has 2 nitrogen and oxygen atoms in total. The Morgan fingerprint density at radius 1 is 1.44 bits per heavy atom. The van der Waals surface area contributed by atoms with Crippen LogP contribution in [0.3, 0.4) is 0 Å². The van der Waals surface area contributed by atoms with Gasteiger partial charge in [0.05, 0.1) is 0 Å². The standard InChI is InChI=1S/C13H16INO/c1-9-6-10(2)15(8-9)13(16)11-4-3-5-12(14)7-11/h3-5,7,9-10H,6,8H2,1-2H3. The van der Waals surface area contributed by atoms with E-state index in [1.165, 1.54) is 0 Å². The molecule has 0 radical (unpaired) electrons. The maximum atomic E-state index is 12.3. The highest BCUT2D eigenvalue weighted by Crippen LogP contribution is 2.24. The summed E-state index contributed by atoms with van der Waals surface area (Å²) in [5, 5.41) is 0. The minimum atomic E-state index is 0.176. The zero-order valence-electron chi connectivity index (χ0n) is 9.61. The lowest BCUT2D eigenvalue weighted by molar-refractivity contribution is 0.0743. The van der Waals surface area contributed by atoms with Gasteiger partial charge in [-0.15, -0.1) is 0 Å². The zero-order valence-corrected chi connectivity index (χ0v) is 11.8. The van der Waals surface area contributed by atoms with Crippen molar-refractivity contribution in [2.24, 2.45) is 5.92 Å². The van der Waals surface area contributed by atoms with Gasteiger partial charge in [-0.2, -0.15) is 0 Å². The molecule has 86 valence electrons. The van der Waals surface area contributed by atoms with Crippen molar-refractivity contribution in [2.75, 3.05) is 6.54 Å². The quantitative estimate of drug-likeness (QED) is 0.725. The fourth-order valence-electron chi connectivity index (χ4n) is 2.37. The first-order valence-electron chi connectivity index (χ1n) is 5.64. The van der Waals surface area contributed by atoms with Gasteiger partial charge < -0.3 is 4.90 Å². The van der Waals surface area contributed by atoms with Crippen molar-refractivity contribution in [3.8, 4) is 0 Å². The van der Waals surface area contributed by atoms with Gasteiger partial charge in [-0.05, 0) is 60.1 Å². The maximum absolute atomic E-state index is 12.3. The van der Waals surface area contributed by atoms with E-state index < -0.39 is 0 Å². The molecule has 1 fully saturated rings. The molecule has 2 unspecified atom stereocenters. The predicted molar refractivity (Wildman–Crippen MR) is 73.4 cm³/mol. The van der Waals surface area contributed by atoms with Gasteiger partial charge in [-0.25, -0.2) is 0 Å². The van der Waals surface area contributed by atoms with E-state index >= 15 is 0 Å². The molecule has 1 heterocycles. The van der Waals surface area contributed by atoms with Crippen molar-refractivity contribution in [2.45, 2.75) is 26.3 Å². The number of hydrogen-bond acceptors (Lipinski definition) is 1. The third-order valence-corrected chi connectivity index (χ3v) is 3.79. The lowest BCUT2D eigenvalue weighted by atomic mass is 10.1. The number of likely N-dealkylation sites (tertiary alicyclic amines) is 1. The molecule has 0 N–H and O–H groups in total. The molecule has 1 aromatic rings. The molecule has 0 spiro atoms. The van der Waals surface area contributed by atoms with Crippen LogP contribution >= 0.6 is 22.6 Å². The van der Waals surface area contributed by atoms with Crippen LogP contribution in [0.25, 0.3) is 0 Å². The Hall–Kier alpha value is -0.580. The van der Waals surface area contributed by atoms with Crippen molar-refractivity contribution in [3.63, 3.8) is 0 Å². The summed E-state index contributed by atoms with van der Waals surface area (Å²) >= 11 is 2.24. The van der Waals surface area contributed by atoms with Crippen LogP contribution in [0.1, 0.15) is 30.6 Å². The summed E-state index contributed by atoms with van der Waals surface area (Å²) in [6.07, 6.45) is 1.12. The van der Waals surface area contributed by atoms with E-state index in [-0.39, 0.29) is 5.91 Å². The van der Waals surface area contributed by atoms with Crippen LogP contribution in [0.2, 0.25) is 0 Å². The van der Waals surface area contributed by atoms with Crippen LogP contribution in [-0.4, -0.2) is 23.4 Å². The van der Waals surface area contributed by atoms with E-state index in [1.54, 1.807) is 0 Å². The third-order valence-electron chi connectivity index (χ3n) is 3.12. The largest absolute Gasteiger partial charge is 0.336 e. The molecule has 2 rings (SSSR count). The molecule has 0 bridgehead atoms. The molecule has 2 atom stereocenters. The first-order chi connectivity index (χ1) is 7.58.